The second-order valence-electron chi connectivity index (χ2n) is 3.53. The van der Waals surface area contributed by atoms with Gasteiger partial charge in [0.25, 0.3) is 0 Å². The van der Waals surface area contributed by atoms with E-state index in [1.54, 1.807) is 6.07 Å². The Morgan fingerprint density at radius 1 is 1.17 bits per heavy atom. The molecular formula is C9H14AsIO. The number of aromatic hydroxyl groups is 1. The number of halogens is 1. The van der Waals surface area contributed by atoms with Crippen LogP contribution in [0.15, 0.2) is 24.3 Å². The third-order valence-electron chi connectivity index (χ3n) is 1.60. The number of phenolic OH excluding ortho intramolecular Hbond substituents is 1. The molecule has 0 spiro atoms. The van der Waals surface area contributed by atoms with E-state index in [0.29, 0.717) is 5.75 Å². The van der Waals surface area contributed by atoms with Crippen molar-refractivity contribution in [3.05, 3.63) is 24.3 Å². The van der Waals surface area contributed by atoms with Gasteiger partial charge in [-0.3, -0.25) is 0 Å². The van der Waals surface area contributed by atoms with Gasteiger partial charge >= 0.3 is 70.2 Å². The fourth-order valence-corrected chi connectivity index (χ4v) is 3.12. The second kappa shape index (κ2) is 4.52. The van der Waals surface area contributed by atoms with Crippen LogP contribution in [0, 0.1) is 0 Å². The molecule has 0 radical (unpaired) electrons. The van der Waals surface area contributed by atoms with E-state index >= 15 is 0 Å². The third-order valence-corrected chi connectivity index (χ3v) is 5.44. The van der Waals surface area contributed by atoms with Gasteiger partial charge in [0.05, 0.1) is 0 Å². The van der Waals surface area contributed by atoms with Crippen molar-refractivity contribution in [3.8, 4) is 5.75 Å². The molecule has 3 heteroatoms. The first-order valence-corrected chi connectivity index (χ1v) is 10.2. The Morgan fingerprint density at radius 2 is 1.75 bits per heavy atom. The number of hydrogen-bond acceptors (Lipinski definition) is 1. The number of phenols is 1. The molecule has 1 N–H and O–H groups in total. The first kappa shape index (κ1) is 12.3. The zero-order valence-electron chi connectivity index (χ0n) is 7.58. The minimum absolute atomic E-state index is 0. The molecule has 0 aromatic heterocycles. The maximum atomic E-state index is 9.20. The summed E-state index contributed by atoms with van der Waals surface area (Å²) >= 11 is -1.54. The predicted octanol–water partition coefficient (Wildman–Crippen LogP) is -1.06. The van der Waals surface area contributed by atoms with Crippen LogP contribution in [-0.2, 0) is 0 Å². The molecule has 68 valence electrons. The van der Waals surface area contributed by atoms with E-state index in [4.69, 9.17) is 0 Å². The molecule has 1 nitrogen and oxygen atoms in total. The van der Waals surface area contributed by atoms with Crippen molar-refractivity contribution in [2.75, 3.05) is 0 Å². The molecule has 1 aromatic rings. The zero-order chi connectivity index (χ0) is 8.48. The molecule has 1 aromatic carbocycles. The summed E-state index contributed by atoms with van der Waals surface area (Å²) in [4.78, 5) is 0. The fraction of sp³-hybridized carbons (Fsp3) is 0.333. The molecule has 0 aliphatic heterocycles. The Hall–Kier alpha value is 0.308. The molecular weight excluding hydrogens is 326 g/mol. The van der Waals surface area contributed by atoms with Gasteiger partial charge in [-0.2, -0.15) is 0 Å². The van der Waals surface area contributed by atoms with E-state index in [2.05, 4.69) is 23.2 Å². The summed E-state index contributed by atoms with van der Waals surface area (Å²) in [5.74, 6) is 0.388. The minimum atomic E-state index is -1.54. The van der Waals surface area contributed by atoms with Gasteiger partial charge in [-0.1, -0.05) is 0 Å². The number of hydrogen-bond donors (Lipinski definition) is 1. The summed E-state index contributed by atoms with van der Waals surface area (Å²) in [6.07, 6.45) is 0. The molecule has 0 unspecified atom stereocenters. The van der Waals surface area contributed by atoms with Crippen LogP contribution in [0.2, 0.25) is 17.1 Å². The van der Waals surface area contributed by atoms with Crippen molar-refractivity contribution < 1.29 is 29.1 Å². The van der Waals surface area contributed by atoms with Crippen LogP contribution < -0.4 is 28.3 Å². The predicted molar refractivity (Wildman–Crippen MR) is 51.1 cm³/mol. The van der Waals surface area contributed by atoms with E-state index in [1.165, 1.54) is 4.35 Å². The van der Waals surface area contributed by atoms with Crippen molar-refractivity contribution >= 4 is 17.9 Å². The number of benzene rings is 1. The number of rotatable bonds is 1. The maximum Gasteiger partial charge on any atom is -1.00 e. The Bertz CT molecular complexity index is 255. The van der Waals surface area contributed by atoms with Crippen molar-refractivity contribution in [1.29, 1.82) is 0 Å². The SMILES string of the molecule is C[As+](C)(C)c1cccc(O)c1.[I-]. The van der Waals surface area contributed by atoms with Gasteiger partial charge in [0.15, 0.2) is 0 Å². The molecule has 0 atom stereocenters. The Morgan fingerprint density at radius 3 is 2.08 bits per heavy atom. The topological polar surface area (TPSA) is 20.2 Å². The quantitative estimate of drug-likeness (QED) is 0.511. The van der Waals surface area contributed by atoms with E-state index in [0.717, 1.165) is 0 Å². The van der Waals surface area contributed by atoms with E-state index < -0.39 is 13.6 Å². The summed E-state index contributed by atoms with van der Waals surface area (Å²) in [6.45, 7) is 0. The van der Waals surface area contributed by atoms with Crippen LogP contribution in [-0.4, -0.2) is 18.7 Å². The molecule has 0 saturated heterocycles. The van der Waals surface area contributed by atoms with Gasteiger partial charge in [0.2, 0.25) is 0 Å². The smallest absolute Gasteiger partial charge is 1.00 e. The summed E-state index contributed by atoms with van der Waals surface area (Å²) in [5, 5.41) is 9.20. The van der Waals surface area contributed by atoms with Gasteiger partial charge < -0.3 is 24.0 Å². The molecule has 0 bridgehead atoms. The standard InChI is InChI=1S/C9H13AsO.HI/c1-10(2,3)8-5-4-6-9(11)7-8;/h4-7H,1-3H3;1H. The van der Waals surface area contributed by atoms with E-state index in [9.17, 15) is 5.11 Å². The second-order valence-corrected chi connectivity index (χ2v) is 13.1. The van der Waals surface area contributed by atoms with Gasteiger partial charge in [0, 0.05) is 0 Å². The fourth-order valence-electron chi connectivity index (χ4n) is 0.910. The van der Waals surface area contributed by atoms with Crippen LogP contribution in [0.3, 0.4) is 0 Å². The molecule has 0 fully saturated rings. The average molecular weight is 340 g/mol. The average Bonchev–Trinajstić information content (AvgIpc) is 1.86. The van der Waals surface area contributed by atoms with Crippen molar-refractivity contribution in [1.82, 2.24) is 0 Å². The Labute approximate surface area is 93.7 Å². The van der Waals surface area contributed by atoms with Gasteiger partial charge in [0.1, 0.15) is 0 Å². The van der Waals surface area contributed by atoms with E-state index in [1.807, 2.05) is 12.1 Å². The Kier molecular flexibility index (Phi) is 4.63. The molecule has 0 saturated carbocycles. The molecule has 1 rings (SSSR count). The molecule has 0 amide bonds. The van der Waals surface area contributed by atoms with Crippen LogP contribution >= 0.6 is 0 Å². The molecule has 0 heterocycles. The van der Waals surface area contributed by atoms with Crippen molar-refractivity contribution in [2.45, 2.75) is 17.1 Å². The van der Waals surface area contributed by atoms with Gasteiger partial charge in [-0.05, 0) is 0 Å². The minimum Gasteiger partial charge on any atom is -1.00 e. The van der Waals surface area contributed by atoms with Crippen LogP contribution in [0.1, 0.15) is 0 Å². The summed E-state index contributed by atoms with van der Waals surface area (Å²) < 4.78 is 1.34. The first-order chi connectivity index (χ1) is 5.00. The largest absolute Gasteiger partial charge is 1.00 e. The molecule has 0 aliphatic rings. The van der Waals surface area contributed by atoms with E-state index in [-0.39, 0.29) is 24.0 Å². The third kappa shape index (κ3) is 3.36. The summed E-state index contributed by atoms with van der Waals surface area (Å²) in [7, 11) is 0. The zero-order valence-corrected chi connectivity index (χ0v) is 11.6. The maximum absolute atomic E-state index is 9.20. The first-order valence-electron chi connectivity index (χ1n) is 3.61. The van der Waals surface area contributed by atoms with Crippen molar-refractivity contribution in [2.24, 2.45) is 0 Å². The summed E-state index contributed by atoms with van der Waals surface area (Å²) in [6, 6.07) is 7.62. The van der Waals surface area contributed by atoms with Crippen LogP contribution in [0.4, 0.5) is 0 Å². The summed E-state index contributed by atoms with van der Waals surface area (Å²) in [5.41, 5.74) is 6.90. The van der Waals surface area contributed by atoms with Gasteiger partial charge in [-0.15, -0.1) is 0 Å². The molecule has 12 heavy (non-hydrogen) atoms. The monoisotopic (exact) mass is 340 g/mol. The molecule has 0 aliphatic carbocycles. The normalized spacial score (nSPS) is 10.6. The van der Waals surface area contributed by atoms with Crippen molar-refractivity contribution in [3.63, 3.8) is 0 Å². The van der Waals surface area contributed by atoms with Crippen LogP contribution in [0.25, 0.3) is 0 Å². The Balaban J connectivity index is 0.00000121. The van der Waals surface area contributed by atoms with Crippen LogP contribution in [0.5, 0.6) is 5.75 Å². The van der Waals surface area contributed by atoms with Gasteiger partial charge in [-0.25, -0.2) is 0 Å².